The maximum atomic E-state index is 11.3. The second kappa shape index (κ2) is 19.1. The maximum absolute atomic E-state index is 11.3. The highest BCUT2D eigenvalue weighted by molar-refractivity contribution is 5.57. The Morgan fingerprint density at radius 3 is 1.13 bits per heavy atom. The van der Waals surface area contributed by atoms with Crippen LogP contribution in [0.5, 0.6) is 5.75 Å². The van der Waals surface area contributed by atoms with Crippen molar-refractivity contribution >= 4 is 0 Å². The fourth-order valence-electron chi connectivity index (χ4n) is 5.70. The highest BCUT2D eigenvalue weighted by Gasteiger charge is 2.34. The molecule has 0 aliphatic rings. The summed E-state index contributed by atoms with van der Waals surface area (Å²) < 4.78 is 35.4. The van der Waals surface area contributed by atoms with E-state index in [2.05, 4.69) is 56.3 Å². The Hall–Kier alpha value is -2.78. The number of hydrogen-bond donors (Lipinski definition) is 1. The minimum atomic E-state index is -0.658. The Bertz CT molecular complexity index is 1210. The topological polar surface area (TPSA) is 75.6 Å². The predicted molar refractivity (Wildman–Crippen MR) is 183 cm³/mol. The van der Waals surface area contributed by atoms with Crippen LogP contribution in [0.1, 0.15) is 104 Å². The zero-order chi connectivity index (χ0) is 33.5. The molecule has 0 saturated carbocycles. The Morgan fingerprint density at radius 1 is 0.457 bits per heavy atom. The van der Waals surface area contributed by atoms with Crippen molar-refractivity contribution in [1.29, 1.82) is 0 Å². The standard InChI is InChI=1S/C39H56O7/c1-9-41-22-29-15-30(23-42-10-2)17-35(16-29)39(8,36-18-31(24-43-11-3)28(7)32(19-36)25-44-12-4)37-20-33(26-45-13-5)38(40)34(21-37)27-46-14-6/h15-21,40H,9-14,22-27H2,1-8H3/t39-/m0/s1. The minimum Gasteiger partial charge on any atom is -0.507 e. The molecule has 0 aromatic heterocycles. The van der Waals surface area contributed by atoms with Gasteiger partial charge in [-0.25, -0.2) is 0 Å². The number of aromatic hydroxyl groups is 1. The van der Waals surface area contributed by atoms with Gasteiger partial charge in [0.25, 0.3) is 0 Å². The third-order valence-electron chi connectivity index (χ3n) is 8.47. The Kier molecular flexibility index (Phi) is 15.7. The van der Waals surface area contributed by atoms with E-state index in [1.54, 1.807) is 0 Å². The lowest BCUT2D eigenvalue weighted by Gasteiger charge is -2.35. The summed E-state index contributed by atoms with van der Waals surface area (Å²) in [4.78, 5) is 0. The summed E-state index contributed by atoms with van der Waals surface area (Å²) >= 11 is 0. The molecule has 3 aromatic carbocycles. The summed E-state index contributed by atoms with van der Waals surface area (Å²) in [6.45, 7) is 22.6. The first-order valence-corrected chi connectivity index (χ1v) is 16.8. The van der Waals surface area contributed by atoms with Crippen molar-refractivity contribution in [2.45, 2.75) is 100 Å². The van der Waals surface area contributed by atoms with E-state index in [0.717, 1.165) is 50.1 Å². The minimum absolute atomic E-state index is 0.216. The third-order valence-corrected chi connectivity index (χ3v) is 8.47. The highest BCUT2D eigenvalue weighted by atomic mass is 16.5. The zero-order valence-electron chi connectivity index (χ0n) is 29.4. The van der Waals surface area contributed by atoms with Crippen LogP contribution in [-0.2, 0) is 73.5 Å². The molecule has 1 N–H and O–H groups in total. The van der Waals surface area contributed by atoms with Gasteiger partial charge in [0, 0.05) is 56.2 Å². The molecule has 0 aliphatic carbocycles. The molecule has 0 spiro atoms. The predicted octanol–water partition coefficient (Wildman–Crippen LogP) is 8.27. The molecule has 254 valence electrons. The zero-order valence-corrected chi connectivity index (χ0v) is 29.4. The quantitative estimate of drug-likeness (QED) is 0.118. The second-order valence-electron chi connectivity index (χ2n) is 11.5. The number of phenolic OH excluding ortho intramolecular Hbond substituents is 1. The van der Waals surface area contributed by atoms with Crippen LogP contribution in [-0.4, -0.2) is 44.7 Å². The second-order valence-corrected chi connectivity index (χ2v) is 11.5. The fourth-order valence-corrected chi connectivity index (χ4v) is 5.70. The number of ether oxygens (including phenoxy) is 6. The number of benzene rings is 3. The average Bonchev–Trinajstić information content (AvgIpc) is 3.07. The van der Waals surface area contributed by atoms with Crippen LogP contribution in [0, 0.1) is 6.92 Å². The number of phenols is 1. The fraction of sp³-hybridized carbons (Fsp3) is 0.538. The normalized spacial score (nSPS) is 12.9. The molecular formula is C39H56O7. The molecule has 0 fully saturated rings. The van der Waals surface area contributed by atoms with Gasteiger partial charge < -0.3 is 33.5 Å². The molecule has 0 amide bonds. The monoisotopic (exact) mass is 636 g/mol. The lowest BCUT2D eigenvalue weighted by molar-refractivity contribution is 0.126. The van der Waals surface area contributed by atoms with Gasteiger partial charge in [-0.1, -0.05) is 30.3 Å². The Morgan fingerprint density at radius 2 is 0.761 bits per heavy atom. The van der Waals surface area contributed by atoms with Crippen LogP contribution in [0.4, 0.5) is 0 Å². The van der Waals surface area contributed by atoms with Gasteiger partial charge in [-0.15, -0.1) is 0 Å². The van der Waals surface area contributed by atoms with Crippen molar-refractivity contribution in [3.8, 4) is 5.75 Å². The van der Waals surface area contributed by atoms with Gasteiger partial charge in [0.1, 0.15) is 5.75 Å². The molecule has 46 heavy (non-hydrogen) atoms. The first-order chi connectivity index (χ1) is 22.3. The summed E-state index contributed by atoms with van der Waals surface area (Å²) in [5.74, 6) is 0.216. The molecule has 0 aliphatic heterocycles. The molecule has 1 atom stereocenters. The molecule has 0 heterocycles. The number of hydrogen-bond acceptors (Lipinski definition) is 7. The van der Waals surface area contributed by atoms with Crippen molar-refractivity contribution in [2.24, 2.45) is 0 Å². The van der Waals surface area contributed by atoms with E-state index in [0.29, 0.717) is 79.3 Å². The SMILES string of the molecule is CCOCc1cc(COCC)cc([C@@](C)(c2cc(COCC)c(C)c(COCC)c2)c2cc(COCC)c(O)c(COCC)c2)c1. The first-order valence-electron chi connectivity index (χ1n) is 16.8. The lowest BCUT2D eigenvalue weighted by Crippen LogP contribution is -2.27. The summed E-state index contributed by atoms with van der Waals surface area (Å²) in [7, 11) is 0. The molecule has 3 rings (SSSR count). The molecule has 7 heteroatoms. The molecule has 0 unspecified atom stereocenters. The largest absolute Gasteiger partial charge is 0.507 e. The van der Waals surface area contributed by atoms with Gasteiger partial charge in [0.15, 0.2) is 0 Å². The van der Waals surface area contributed by atoms with E-state index >= 15 is 0 Å². The van der Waals surface area contributed by atoms with E-state index < -0.39 is 5.41 Å². The molecule has 0 radical (unpaired) electrons. The van der Waals surface area contributed by atoms with Crippen molar-refractivity contribution < 1.29 is 33.5 Å². The Labute approximate surface area is 277 Å². The lowest BCUT2D eigenvalue weighted by atomic mass is 9.69. The Balaban J connectivity index is 2.44. The highest BCUT2D eigenvalue weighted by Crippen LogP contribution is 2.44. The third kappa shape index (κ3) is 9.63. The van der Waals surface area contributed by atoms with Gasteiger partial charge in [0.05, 0.1) is 39.6 Å². The maximum Gasteiger partial charge on any atom is 0.126 e. The summed E-state index contributed by atoms with van der Waals surface area (Å²) in [6.07, 6.45) is 0. The van der Waals surface area contributed by atoms with Crippen LogP contribution in [0.15, 0.2) is 42.5 Å². The van der Waals surface area contributed by atoms with Crippen LogP contribution < -0.4 is 0 Å². The van der Waals surface area contributed by atoms with Crippen LogP contribution in [0.25, 0.3) is 0 Å². The molecule has 7 nitrogen and oxygen atoms in total. The van der Waals surface area contributed by atoms with Gasteiger partial charge in [-0.05, 0) is 112 Å². The van der Waals surface area contributed by atoms with E-state index in [1.807, 2.05) is 41.5 Å². The van der Waals surface area contributed by atoms with Crippen LogP contribution in [0.3, 0.4) is 0 Å². The van der Waals surface area contributed by atoms with E-state index in [4.69, 9.17) is 28.4 Å². The van der Waals surface area contributed by atoms with Gasteiger partial charge in [0.2, 0.25) is 0 Å². The smallest absolute Gasteiger partial charge is 0.126 e. The van der Waals surface area contributed by atoms with E-state index in [1.165, 1.54) is 5.56 Å². The van der Waals surface area contributed by atoms with Gasteiger partial charge in [-0.3, -0.25) is 0 Å². The summed E-state index contributed by atoms with van der Waals surface area (Å²) in [5.41, 5.74) is 9.64. The number of rotatable bonds is 21. The molecule has 3 aromatic rings. The van der Waals surface area contributed by atoms with Gasteiger partial charge in [-0.2, -0.15) is 0 Å². The van der Waals surface area contributed by atoms with E-state index in [9.17, 15) is 5.11 Å². The molecule has 0 bridgehead atoms. The summed E-state index contributed by atoms with van der Waals surface area (Å²) in [5, 5.41) is 11.3. The first kappa shape index (κ1) is 37.7. The van der Waals surface area contributed by atoms with Crippen molar-refractivity contribution in [1.82, 2.24) is 0 Å². The van der Waals surface area contributed by atoms with Gasteiger partial charge >= 0.3 is 0 Å². The average molecular weight is 637 g/mol. The van der Waals surface area contributed by atoms with Crippen LogP contribution >= 0.6 is 0 Å². The van der Waals surface area contributed by atoms with Crippen molar-refractivity contribution in [2.75, 3.05) is 39.6 Å². The van der Waals surface area contributed by atoms with Crippen molar-refractivity contribution in [3.63, 3.8) is 0 Å². The van der Waals surface area contributed by atoms with E-state index in [-0.39, 0.29) is 5.75 Å². The van der Waals surface area contributed by atoms with Crippen molar-refractivity contribution in [3.05, 3.63) is 98.1 Å². The van der Waals surface area contributed by atoms with Crippen LogP contribution in [0.2, 0.25) is 0 Å². The summed E-state index contributed by atoms with van der Waals surface area (Å²) in [6, 6.07) is 15.4. The molecular weight excluding hydrogens is 580 g/mol. The molecule has 0 saturated heterocycles.